The highest BCUT2D eigenvalue weighted by atomic mass is 15.2. The lowest BCUT2D eigenvalue weighted by atomic mass is 9.63. The van der Waals surface area contributed by atoms with E-state index in [2.05, 4.69) is 39.5 Å². The summed E-state index contributed by atoms with van der Waals surface area (Å²) in [4.78, 5) is 2.76. The van der Waals surface area contributed by atoms with Crippen LogP contribution in [0.25, 0.3) is 0 Å². The van der Waals surface area contributed by atoms with Gasteiger partial charge in [0.15, 0.2) is 0 Å². The second-order valence-electron chi connectivity index (χ2n) is 8.68. The second-order valence-corrected chi connectivity index (χ2v) is 8.68. The van der Waals surface area contributed by atoms with Crippen molar-refractivity contribution in [1.82, 2.24) is 4.90 Å². The van der Waals surface area contributed by atoms with Crippen molar-refractivity contribution in [3.63, 3.8) is 0 Å². The fourth-order valence-corrected chi connectivity index (χ4v) is 4.89. The maximum absolute atomic E-state index is 6.26. The zero-order valence-electron chi connectivity index (χ0n) is 13.7. The first-order valence-corrected chi connectivity index (χ1v) is 8.22. The zero-order chi connectivity index (χ0) is 14.3. The molecule has 0 bridgehead atoms. The van der Waals surface area contributed by atoms with Gasteiger partial charge in [0.05, 0.1) is 0 Å². The van der Waals surface area contributed by atoms with Gasteiger partial charge in [-0.25, -0.2) is 0 Å². The summed E-state index contributed by atoms with van der Waals surface area (Å²) in [5.74, 6) is 0.710. The minimum atomic E-state index is 0.436. The first kappa shape index (κ1) is 15.3. The molecule has 2 heteroatoms. The van der Waals surface area contributed by atoms with Crippen LogP contribution in [0.3, 0.4) is 0 Å². The van der Waals surface area contributed by atoms with Crippen LogP contribution in [-0.2, 0) is 0 Å². The van der Waals surface area contributed by atoms with Gasteiger partial charge in [-0.2, -0.15) is 0 Å². The summed E-state index contributed by atoms with van der Waals surface area (Å²) in [6.45, 7) is 14.6. The highest BCUT2D eigenvalue weighted by molar-refractivity contribution is 4.95. The highest BCUT2D eigenvalue weighted by Gasteiger charge is 2.41. The zero-order valence-corrected chi connectivity index (χ0v) is 13.7. The molecule has 2 unspecified atom stereocenters. The molecule has 2 atom stereocenters. The standard InChI is InChI=1S/C17H34N2/c1-6-13-11-19(8-7-15(13)18)14-9-16(2,3)12-17(4,5)10-14/h13-15H,6-12,18H2,1-5H3. The molecule has 2 rings (SSSR count). The summed E-state index contributed by atoms with van der Waals surface area (Å²) in [6, 6.07) is 1.21. The lowest BCUT2D eigenvalue weighted by molar-refractivity contribution is 0.00197. The predicted molar refractivity (Wildman–Crippen MR) is 83.1 cm³/mol. The van der Waals surface area contributed by atoms with E-state index in [0.717, 1.165) is 6.04 Å². The van der Waals surface area contributed by atoms with Crippen molar-refractivity contribution in [1.29, 1.82) is 0 Å². The fourth-order valence-electron chi connectivity index (χ4n) is 4.89. The van der Waals surface area contributed by atoms with Crippen LogP contribution in [0.15, 0.2) is 0 Å². The van der Waals surface area contributed by atoms with Crippen LogP contribution in [0.5, 0.6) is 0 Å². The molecule has 0 amide bonds. The molecule has 0 radical (unpaired) electrons. The van der Waals surface area contributed by atoms with E-state index in [-0.39, 0.29) is 0 Å². The van der Waals surface area contributed by atoms with Gasteiger partial charge in [0.1, 0.15) is 0 Å². The summed E-state index contributed by atoms with van der Waals surface area (Å²) >= 11 is 0. The van der Waals surface area contributed by atoms with Crippen LogP contribution in [0.4, 0.5) is 0 Å². The van der Waals surface area contributed by atoms with Crippen molar-refractivity contribution >= 4 is 0 Å². The van der Waals surface area contributed by atoms with Gasteiger partial charge < -0.3 is 5.73 Å². The van der Waals surface area contributed by atoms with Crippen molar-refractivity contribution < 1.29 is 0 Å². The molecule has 0 aromatic rings. The third kappa shape index (κ3) is 3.72. The first-order valence-electron chi connectivity index (χ1n) is 8.22. The molecule has 112 valence electrons. The molecule has 2 N–H and O–H groups in total. The van der Waals surface area contributed by atoms with Gasteiger partial charge in [0.25, 0.3) is 0 Å². The Balaban J connectivity index is 2.05. The van der Waals surface area contributed by atoms with E-state index < -0.39 is 0 Å². The Hall–Kier alpha value is -0.0800. The summed E-state index contributed by atoms with van der Waals surface area (Å²) in [6.07, 6.45) is 6.51. The van der Waals surface area contributed by atoms with Crippen LogP contribution in [0.1, 0.15) is 66.7 Å². The van der Waals surface area contributed by atoms with Crippen molar-refractivity contribution in [2.45, 2.75) is 78.8 Å². The smallest absolute Gasteiger partial charge is 0.0106 e. The quantitative estimate of drug-likeness (QED) is 0.826. The third-order valence-corrected chi connectivity index (χ3v) is 5.40. The van der Waals surface area contributed by atoms with Gasteiger partial charge in [-0.05, 0) is 49.0 Å². The average Bonchev–Trinajstić information content (AvgIpc) is 2.25. The van der Waals surface area contributed by atoms with E-state index >= 15 is 0 Å². The van der Waals surface area contributed by atoms with Crippen LogP contribution in [0, 0.1) is 16.7 Å². The maximum Gasteiger partial charge on any atom is 0.0106 e. The second kappa shape index (κ2) is 5.37. The number of hydrogen-bond donors (Lipinski definition) is 1. The third-order valence-electron chi connectivity index (χ3n) is 5.40. The van der Waals surface area contributed by atoms with E-state index in [4.69, 9.17) is 5.73 Å². The van der Waals surface area contributed by atoms with Crippen LogP contribution < -0.4 is 5.73 Å². The molecule has 2 nitrogen and oxygen atoms in total. The number of likely N-dealkylation sites (tertiary alicyclic amines) is 1. The molecule has 1 heterocycles. The maximum atomic E-state index is 6.26. The Morgan fingerprint density at radius 1 is 1.11 bits per heavy atom. The molecule has 2 aliphatic rings. The monoisotopic (exact) mass is 266 g/mol. The van der Waals surface area contributed by atoms with Crippen molar-refractivity contribution in [3.05, 3.63) is 0 Å². The topological polar surface area (TPSA) is 29.3 Å². The number of nitrogens with two attached hydrogens (primary N) is 1. The van der Waals surface area contributed by atoms with Gasteiger partial charge in [-0.3, -0.25) is 4.90 Å². The molecular formula is C17H34N2. The average molecular weight is 266 g/mol. The van der Waals surface area contributed by atoms with Crippen molar-refractivity contribution in [2.24, 2.45) is 22.5 Å². The predicted octanol–water partition coefficient (Wildman–Crippen LogP) is 3.65. The summed E-state index contributed by atoms with van der Waals surface area (Å²) in [7, 11) is 0. The number of rotatable bonds is 2. The van der Waals surface area contributed by atoms with Crippen LogP contribution in [-0.4, -0.2) is 30.1 Å². The highest BCUT2D eigenvalue weighted by Crippen LogP contribution is 2.47. The Labute approximate surface area is 120 Å². The normalized spacial score (nSPS) is 36.3. The molecule has 0 aromatic carbocycles. The molecule has 1 aliphatic heterocycles. The lowest BCUT2D eigenvalue weighted by Gasteiger charge is -2.51. The van der Waals surface area contributed by atoms with Gasteiger partial charge >= 0.3 is 0 Å². The van der Waals surface area contributed by atoms with Gasteiger partial charge in [-0.15, -0.1) is 0 Å². The Morgan fingerprint density at radius 2 is 1.68 bits per heavy atom. The summed E-state index contributed by atoms with van der Waals surface area (Å²) in [5, 5.41) is 0. The number of nitrogens with zero attached hydrogens (tertiary/aromatic N) is 1. The van der Waals surface area contributed by atoms with Gasteiger partial charge in [0, 0.05) is 18.6 Å². The molecule has 2 fully saturated rings. The lowest BCUT2D eigenvalue weighted by Crippen LogP contribution is -2.54. The van der Waals surface area contributed by atoms with Crippen LogP contribution in [0.2, 0.25) is 0 Å². The van der Waals surface area contributed by atoms with Gasteiger partial charge in [0.2, 0.25) is 0 Å². The molecule has 0 spiro atoms. The Kier molecular flexibility index (Phi) is 4.32. The molecule has 1 saturated carbocycles. The van der Waals surface area contributed by atoms with Crippen LogP contribution >= 0.6 is 0 Å². The van der Waals surface area contributed by atoms with E-state index in [9.17, 15) is 0 Å². The first-order chi connectivity index (χ1) is 8.72. The minimum Gasteiger partial charge on any atom is -0.327 e. The molecular weight excluding hydrogens is 232 g/mol. The number of piperidine rings is 1. The summed E-state index contributed by atoms with van der Waals surface area (Å²) in [5.41, 5.74) is 7.25. The summed E-state index contributed by atoms with van der Waals surface area (Å²) < 4.78 is 0. The minimum absolute atomic E-state index is 0.436. The fraction of sp³-hybridized carbons (Fsp3) is 1.00. The SMILES string of the molecule is CCC1CN(C2CC(C)(C)CC(C)(C)C2)CCC1N. The van der Waals surface area contributed by atoms with Crippen molar-refractivity contribution in [2.75, 3.05) is 13.1 Å². The van der Waals surface area contributed by atoms with E-state index in [0.29, 0.717) is 22.8 Å². The molecule has 0 aromatic heterocycles. The van der Waals surface area contributed by atoms with Crippen molar-refractivity contribution in [3.8, 4) is 0 Å². The van der Waals surface area contributed by atoms with E-state index in [1.165, 1.54) is 45.2 Å². The number of hydrogen-bond acceptors (Lipinski definition) is 2. The molecule has 19 heavy (non-hydrogen) atoms. The van der Waals surface area contributed by atoms with E-state index in [1.54, 1.807) is 0 Å². The Bertz CT molecular complexity index is 292. The molecule has 1 saturated heterocycles. The molecule has 1 aliphatic carbocycles. The van der Waals surface area contributed by atoms with Gasteiger partial charge in [-0.1, -0.05) is 41.0 Å². The Morgan fingerprint density at radius 3 is 2.21 bits per heavy atom. The largest absolute Gasteiger partial charge is 0.327 e. The van der Waals surface area contributed by atoms with E-state index in [1.807, 2.05) is 0 Å².